The minimum absolute atomic E-state index is 0.563. The van der Waals surface area contributed by atoms with Crippen LogP contribution in [0.3, 0.4) is 0 Å². The van der Waals surface area contributed by atoms with E-state index in [0.717, 1.165) is 6.54 Å². The third-order valence-electron chi connectivity index (χ3n) is 4.08. The molecular weight excluding hydrogens is 234 g/mol. The van der Waals surface area contributed by atoms with Crippen LogP contribution in [-0.4, -0.2) is 15.6 Å². The Morgan fingerprint density at radius 1 is 1.26 bits per heavy atom. The Hall–Kier alpha value is -1.61. The standard InChI is InChI=1S/C16H21N3/c1-13-5-7-14(8-6-13)11-18-15-3-2-4-16(15)19-10-9-17-12-19/h5-10,12,15-16,18H,2-4,11H2,1H3. The Kier molecular flexibility index (Phi) is 3.65. The maximum atomic E-state index is 4.16. The second kappa shape index (κ2) is 5.57. The van der Waals surface area contributed by atoms with Crippen LogP contribution in [0.5, 0.6) is 0 Å². The van der Waals surface area contributed by atoms with Gasteiger partial charge in [-0.05, 0) is 31.7 Å². The van der Waals surface area contributed by atoms with Crippen LogP contribution in [0, 0.1) is 6.92 Å². The summed E-state index contributed by atoms with van der Waals surface area (Å²) in [5.74, 6) is 0. The molecule has 19 heavy (non-hydrogen) atoms. The lowest BCUT2D eigenvalue weighted by Crippen LogP contribution is -2.33. The van der Waals surface area contributed by atoms with Crippen LogP contribution in [0.2, 0.25) is 0 Å². The van der Waals surface area contributed by atoms with Gasteiger partial charge in [-0.25, -0.2) is 4.98 Å². The summed E-state index contributed by atoms with van der Waals surface area (Å²) in [6.07, 6.45) is 9.70. The molecule has 1 fully saturated rings. The van der Waals surface area contributed by atoms with E-state index in [-0.39, 0.29) is 0 Å². The number of aromatic nitrogens is 2. The predicted molar refractivity (Wildman–Crippen MR) is 76.9 cm³/mol. The quantitative estimate of drug-likeness (QED) is 0.910. The van der Waals surface area contributed by atoms with Gasteiger partial charge in [0, 0.05) is 31.0 Å². The van der Waals surface area contributed by atoms with E-state index in [0.29, 0.717) is 12.1 Å². The predicted octanol–water partition coefficient (Wildman–Crippen LogP) is 3.07. The van der Waals surface area contributed by atoms with Gasteiger partial charge in [0.1, 0.15) is 0 Å². The zero-order valence-electron chi connectivity index (χ0n) is 11.4. The van der Waals surface area contributed by atoms with E-state index in [9.17, 15) is 0 Å². The number of nitrogens with one attached hydrogen (secondary N) is 1. The lowest BCUT2D eigenvalue weighted by molar-refractivity contribution is 0.390. The van der Waals surface area contributed by atoms with E-state index >= 15 is 0 Å². The molecule has 100 valence electrons. The molecule has 2 unspecified atom stereocenters. The number of nitrogens with zero attached hydrogens (tertiary/aromatic N) is 2. The number of rotatable bonds is 4. The fourth-order valence-electron chi connectivity index (χ4n) is 2.96. The molecule has 1 aromatic heterocycles. The molecule has 0 aliphatic heterocycles. The SMILES string of the molecule is Cc1ccc(CNC2CCCC2n2ccnc2)cc1. The van der Waals surface area contributed by atoms with Crippen molar-refractivity contribution in [3.05, 3.63) is 54.1 Å². The molecular formula is C16H21N3. The zero-order chi connectivity index (χ0) is 13.1. The number of aryl methyl sites for hydroxylation is 1. The summed E-state index contributed by atoms with van der Waals surface area (Å²) in [6, 6.07) is 9.91. The first-order valence-corrected chi connectivity index (χ1v) is 7.09. The summed E-state index contributed by atoms with van der Waals surface area (Å²) in [5.41, 5.74) is 2.68. The van der Waals surface area contributed by atoms with Crippen LogP contribution in [0.25, 0.3) is 0 Å². The van der Waals surface area contributed by atoms with Crippen LogP contribution in [0.15, 0.2) is 43.0 Å². The average Bonchev–Trinajstić information content (AvgIpc) is 3.08. The van der Waals surface area contributed by atoms with Crippen molar-refractivity contribution in [2.24, 2.45) is 0 Å². The molecule has 0 spiro atoms. The van der Waals surface area contributed by atoms with Crippen molar-refractivity contribution in [2.75, 3.05) is 0 Å². The second-order valence-corrected chi connectivity index (χ2v) is 5.48. The van der Waals surface area contributed by atoms with E-state index in [4.69, 9.17) is 0 Å². The molecule has 0 radical (unpaired) electrons. The summed E-state index contributed by atoms with van der Waals surface area (Å²) in [4.78, 5) is 4.16. The molecule has 1 aliphatic carbocycles. The molecule has 3 nitrogen and oxygen atoms in total. The highest BCUT2D eigenvalue weighted by molar-refractivity contribution is 5.21. The summed E-state index contributed by atoms with van der Waals surface area (Å²) in [7, 11) is 0. The van der Waals surface area contributed by atoms with Gasteiger partial charge < -0.3 is 9.88 Å². The van der Waals surface area contributed by atoms with Crippen molar-refractivity contribution >= 4 is 0 Å². The van der Waals surface area contributed by atoms with Crippen LogP contribution >= 0.6 is 0 Å². The van der Waals surface area contributed by atoms with Gasteiger partial charge in [0.2, 0.25) is 0 Å². The molecule has 3 rings (SSSR count). The first-order chi connectivity index (χ1) is 9.33. The van der Waals surface area contributed by atoms with E-state index in [2.05, 4.69) is 52.3 Å². The lowest BCUT2D eigenvalue weighted by atomic mass is 10.1. The van der Waals surface area contributed by atoms with E-state index in [1.54, 1.807) is 0 Å². The van der Waals surface area contributed by atoms with Gasteiger partial charge in [0.25, 0.3) is 0 Å². The van der Waals surface area contributed by atoms with Crippen LogP contribution < -0.4 is 5.32 Å². The summed E-state index contributed by atoms with van der Waals surface area (Å²) < 4.78 is 2.25. The second-order valence-electron chi connectivity index (χ2n) is 5.48. The molecule has 1 aromatic carbocycles. The smallest absolute Gasteiger partial charge is 0.0949 e. The van der Waals surface area contributed by atoms with Gasteiger partial charge >= 0.3 is 0 Å². The highest BCUT2D eigenvalue weighted by Gasteiger charge is 2.27. The first kappa shape index (κ1) is 12.4. The van der Waals surface area contributed by atoms with Crippen LogP contribution in [0.1, 0.15) is 36.4 Å². The normalized spacial score (nSPS) is 22.8. The van der Waals surface area contributed by atoms with Crippen molar-refractivity contribution < 1.29 is 0 Å². The van der Waals surface area contributed by atoms with Crippen LogP contribution in [-0.2, 0) is 6.54 Å². The minimum Gasteiger partial charge on any atom is -0.333 e. The van der Waals surface area contributed by atoms with Crippen molar-refractivity contribution in [1.82, 2.24) is 14.9 Å². The van der Waals surface area contributed by atoms with Crippen LogP contribution in [0.4, 0.5) is 0 Å². The Bertz CT molecular complexity index is 501. The Morgan fingerprint density at radius 2 is 2.11 bits per heavy atom. The van der Waals surface area contributed by atoms with Crippen molar-refractivity contribution in [2.45, 2.75) is 44.8 Å². The highest BCUT2D eigenvalue weighted by Crippen LogP contribution is 2.30. The summed E-state index contributed by atoms with van der Waals surface area (Å²) >= 11 is 0. The number of hydrogen-bond donors (Lipinski definition) is 1. The molecule has 0 bridgehead atoms. The highest BCUT2D eigenvalue weighted by atomic mass is 15.1. The number of imidazole rings is 1. The van der Waals surface area contributed by atoms with E-state index in [1.807, 2.05) is 12.5 Å². The van der Waals surface area contributed by atoms with Gasteiger partial charge in [-0.15, -0.1) is 0 Å². The molecule has 1 heterocycles. The summed E-state index contributed by atoms with van der Waals surface area (Å²) in [6.45, 7) is 3.08. The number of hydrogen-bond acceptors (Lipinski definition) is 2. The third-order valence-corrected chi connectivity index (χ3v) is 4.08. The molecule has 1 saturated carbocycles. The molecule has 0 amide bonds. The lowest BCUT2D eigenvalue weighted by Gasteiger charge is -2.22. The van der Waals surface area contributed by atoms with Gasteiger partial charge in [0.05, 0.1) is 6.33 Å². The Balaban J connectivity index is 1.61. The van der Waals surface area contributed by atoms with Gasteiger partial charge in [0.15, 0.2) is 0 Å². The van der Waals surface area contributed by atoms with Gasteiger partial charge in [-0.2, -0.15) is 0 Å². The summed E-state index contributed by atoms with van der Waals surface area (Å²) in [5, 5.41) is 3.71. The zero-order valence-corrected chi connectivity index (χ0v) is 11.4. The molecule has 2 aromatic rings. The van der Waals surface area contributed by atoms with Gasteiger partial charge in [-0.1, -0.05) is 29.8 Å². The molecule has 1 aliphatic rings. The molecule has 1 N–H and O–H groups in total. The van der Waals surface area contributed by atoms with Crippen molar-refractivity contribution in [1.29, 1.82) is 0 Å². The molecule has 3 heteroatoms. The van der Waals surface area contributed by atoms with Gasteiger partial charge in [-0.3, -0.25) is 0 Å². The maximum Gasteiger partial charge on any atom is 0.0949 e. The fourth-order valence-corrected chi connectivity index (χ4v) is 2.96. The van der Waals surface area contributed by atoms with E-state index < -0.39 is 0 Å². The Labute approximate surface area is 114 Å². The monoisotopic (exact) mass is 255 g/mol. The fraction of sp³-hybridized carbons (Fsp3) is 0.438. The topological polar surface area (TPSA) is 29.9 Å². The molecule has 0 saturated heterocycles. The number of benzene rings is 1. The Morgan fingerprint density at radius 3 is 2.84 bits per heavy atom. The first-order valence-electron chi connectivity index (χ1n) is 7.09. The van der Waals surface area contributed by atoms with Crippen molar-refractivity contribution in [3.8, 4) is 0 Å². The van der Waals surface area contributed by atoms with Crippen molar-refractivity contribution in [3.63, 3.8) is 0 Å². The minimum atomic E-state index is 0.563. The molecule has 2 atom stereocenters. The largest absolute Gasteiger partial charge is 0.333 e. The third kappa shape index (κ3) is 2.87. The maximum absolute atomic E-state index is 4.16. The average molecular weight is 255 g/mol. The van der Waals surface area contributed by atoms with E-state index in [1.165, 1.54) is 30.4 Å².